The maximum Gasteiger partial charge on any atom is 0.310 e. The highest BCUT2D eigenvalue weighted by atomic mass is 32.1. The minimum absolute atomic E-state index is 0.0205. The van der Waals surface area contributed by atoms with E-state index in [0.29, 0.717) is 24.8 Å². The number of nitrogens with zero attached hydrogens (tertiary/aromatic N) is 5. The molecule has 0 aliphatic carbocycles. The SMILES string of the molecule is CCOC(=O)[C@@H]1CCCN(C(=O)CN(C)c2nn3c(NC(C)(C)C)c(-c4cccc(C)c4)nc3s2)C1. The normalized spacial score (nSPS) is 16.3. The van der Waals surface area contributed by atoms with Crippen LogP contribution in [0.4, 0.5) is 10.9 Å². The summed E-state index contributed by atoms with van der Waals surface area (Å²) in [5.74, 6) is 0.349. The Labute approximate surface area is 216 Å². The first-order valence-electron chi connectivity index (χ1n) is 12.5. The second kappa shape index (κ2) is 10.5. The Morgan fingerprint density at radius 1 is 1.31 bits per heavy atom. The minimum atomic E-state index is -0.248. The Morgan fingerprint density at radius 3 is 2.78 bits per heavy atom. The van der Waals surface area contributed by atoms with Crippen molar-refractivity contribution in [1.29, 1.82) is 0 Å². The summed E-state index contributed by atoms with van der Waals surface area (Å²) in [6, 6.07) is 8.28. The van der Waals surface area contributed by atoms with Gasteiger partial charge in [-0.05, 0) is 53.5 Å². The topological polar surface area (TPSA) is 92.1 Å². The van der Waals surface area contributed by atoms with E-state index in [-0.39, 0.29) is 29.9 Å². The summed E-state index contributed by atoms with van der Waals surface area (Å²) in [6.07, 6.45) is 1.56. The highest BCUT2D eigenvalue weighted by Gasteiger charge is 2.30. The number of hydrogen-bond acceptors (Lipinski definition) is 8. The van der Waals surface area contributed by atoms with Crippen LogP contribution in [-0.2, 0) is 14.3 Å². The smallest absolute Gasteiger partial charge is 0.310 e. The fourth-order valence-corrected chi connectivity index (χ4v) is 5.24. The molecule has 1 N–H and O–H groups in total. The zero-order valence-electron chi connectivity index (χ0n) is 22.0. The molecule has 36 heavy (non-hydrogen) atoms. The molecule has 4 rings (SSSR count). The third-order valence-corrected chi connectivity index (χ3v) is 7.09. The van der Waals surface area contributed by atoms with E-state index in [1.807, 2.05) is 22.5 Å². The van der Waals surface area contributed by atoms with Crippen LogP contribution in [0.5, 0.6) is 0 Å². The molecular weight excluding hydrogens is 476 g/mol. The van der Waals surface area contributed by atoms with Crippen molar-refractivity contribution in [1.82, 2.24) is 19.5 Å². The summed E-state index contributed by atoms with van der Waals surface area (Å²) in [7, 11) is 1.86. The van der Waals surface area contributed by atoms with Crippen molar-refractivity contribution >= 4 is 39.1 Å². The van der Waals surface area contributed by atoms with Gasteiger partial charge in [-0.15, -0.1) is 5.10 Å². The number of aryl methyl sites for hydroxylation is 1. The molecule has 9 nitrogen and oxygen atoms in total. The van der Waals surface area contributed by atoms with E-state index < -0.39 is 0 Å². The second-order valence-corrected chi connectivity index (χ2v) is 11.4. The van der Waals surface area contributed by atoms with E-state index in [4.69, 9.17) is 14.8 Å². The molecule has 1 aromatic carbocycles. The van der Waals surface area contributed by atoms with Gasteiger partial charge in [0, 0.05) is 31.2 Å². The summed E-state index contributed by atoms with van der Waals surface area (Å²) in [6.45, 7) is 11.8. The molecule has 0 spiro atoms. The molecule has 1 aliphatic rings. The fourth-order valence-electron chi connectivity index (χ4n) is 4.38. The predicted molar refractivity (Wildman–Crippen MR) is 144 cm³/mol. The first-order valence-corrected chi connectivity index (χ1v) is 13.3. The fraction of sp³-hybridized carbons (Fsp3) is 0.538. The quantitative estimate of drug-likeness (QED) is 0.474. The average molecular weight is 513 g/mol. The van der Waals surface area contributed by atoms with Gasteiger partial charge in [0.25, 0.3) is 0 Å². The zero-order chi connectivity index (χ0) is 26.0. The number of amides is 1. The monoisotopic (exact) mass is 512 g/mol. The van der Waals surface area contributed by atoms with Gasteiger partial charge in [0.1, 0.15) is 5.69 Å². The predicted octanol–water partition coefficient (Wildman–Crippen LogP) is 4.21. The zero-order valence-corrected chi connectivity index (χ0v) is 22.8. The highest BCUT2D eigenvalue weighted by Crippen LogP contribution is 2.35. The summed E-state index contributed by atoms with van der Waals surface area (Å²) in [5, 5.41) is 9.10. The molecule has 194 valence electrons. The van der Waals surface area contributed by atoms with Gasteiger partial charge in [-0.3, -0.25) is 9.59 Å². The van der Waals surface area contributed by atoms with E-state index >= 15 is 0 Å². The van der Waals surface area contributed by atoms with Gasteiger partial charge in [-0.25, -0.2) is 4.98 Å². The van der Waals surface area contributed by atoms with Gasteiger partial charge < -0.3 is 19.9 Å². The van der Waals surface area contributed by atoms with Crippen LogP contribution in [0.3, 0.4) is 0 Å². The molecule has 1 fully saturated rings. The van der Waals surface area contributed by atoms with Gasteiger partial charge >= 0.3 is 5.97 Å². The Balaban J connectivity index is 1.54. The first kappa shape index (κ1) is 25.9. The third kappa shape index (κ3) is 5.80. The number of hydrogen-bond donors (Lipinski definition) is 1. The van der Waals surface area contributed by atoms with Crippen molar-refractivity contribution in [3.05, 3.63) is 29.8 Å². The van der Waals surface area contributed by atoms with E-state index in [9.17, 15) is 9.59 Å². The lowest BCUT2D eigenvalue weighted by atomic mass is 9.98. The molecule has 1 aliphatic heterocycles. The van der Waals surface area contributed by atoms with E-state index in [0.717, 1.165) is 34.9 Å². The molecule has 2 aromatic heterocycles. The van der Waals surface area contributed by atoms with Crippen LogP contribution >= 0.6 is 11.3 Å². The van der Waals surface area contributed by atoms with Gasteiger partial charge in [-0.2, -0.15) is 4.52 Å². The Kier molecular flexibility index (Phi) is 7.54. The molecule has 3 aromatic rings. The number of esters is 1. The molecule has 1 amide bonds. The number of aromatic nitrogens is 3. The number of carbonyl (C=O) groups is 2. The van der Waals surface area contributed by atoms with E-state index in [1.54, 1.807) is 11.8 Å². The van der Waals surface area contributed by atoms with E-state index in [1.165, 1.54) is 16.9 Å². The molecule has 0 saturated carbocycles. The molecular formula is C26H36N6O3S. The number of fused-ring (bicyclic) bond motifs is 1. The van der Waals surface area contributed by atoms with Gasteiger partial charge in [0.05, 0.1) is 19.1 Å². The number of likely N-dealkylation sites (tertiary alicyclic amines) is 1. The summed E-state index contributed by atoms with van der Waals surface area (Å²) in [4.78, 5) is 34.5. The lowest BCUT2D eigenvalue weighted by Crippen LogP contribution is -2.46. The molecule has 0 unspecified atom stereocenters. The van der Waals surface area contributed by atoms with Crippen LogP contribution in [0.25, 0.3) is 16.2 Å². The van der Waals surface area contributed by atoms with Crippen LogP contribution < -0.4 is 10.2 Å². The summed E-state index contributed by atoms with van der Waals surface area (Å²) >= 11 is 1.45. The molecule has 3 heterocycles. The van der Waals surface area contributed by atoms with Crippen LogP contribution in [-0.4, -0.2) is 70.2 Å². The van der Waals surface area contributed by atoms with Crippen molar-refractivity contribution in [3.8, 4) is 11.3 Å². The largest absolute Gasteiger partial charge is 0.466 e. The Bertz CT molecular complexity index is 1240. The number of rotatable bonds is 7. The van der Waals surface area contributed by atoms with Crippen LogP contribution in [0.15, 0.2) is 24.3 Å². The molecule has 10 heteroatoms. The van der Waals surface area contributed by atoms with Crippen molar-refractivity contribution in [2.24, 2.45) is 5.92 Å². The number of nitrogens with one attached hydrogen (secondary N) is 1. The maximum atomic E-state index is 13.1. The van der Waals surface area contributed by atoms with Crippen LogP contribution in [0.1, 0.15) is 46.1 Å². The van der Waals surface area contributed by atoms with Crippen LogP contribution in [0.2, 0.25) is 0 Å². The highest BCUT2D eigenvalue weighted by molar-refractivity contribution is 7.20. The first-order chi connectivity index (χ1) is 17.1. The van der Waals surface area contributed by atoms with Crippen molar-refractivity contribution < 1.29 is 14.3 Å². The number of piperidine rings is 1. The number of carbonyl (C=O) groups excluding carboxylic acids is 2. The van der Waals surface area contributed by atoms with Crippen molar-refractivity contribution in [3.63, 3.8) is 0 Å². The van der Waals surface area contributed by atoms with Crippen LogP contribution in [0, 0.1) is 12.8 Å². The Hall–Kier alpha value is -3.14. The number of ether oxygens (including phenoxy) is 1. The molecule has 1 atom stereocenters. The van der Waals surface area contributed by atoms with Crippen molar-refractivity contribution in [2.45, 2.75) is 53.0 Å². The van der Waals surface area contributed by atoms with Crippen molar-refractivity contribution in [2.75, 3.05) is 43.5 Å². The second-order valence-electron chi connectivity index (χ2n) is 10.4. The average Bonchev–Trinajstić information content (AvgIpc) is 3.38. The lowest BCUT2D eigenvalue weighted by molar-refractivity contribution is -0.151. The number of likely N-dealkylation sites (N-methyl/N-ethyl adjacent to an activating group) is 1. The number of benzene rings is 1. The maximum absolute atomic E-state index is 13.1. The number of anilines is 2. The third-order valence-electron chi connectivity index (χ3n) is 6.07. The number of imidazole rings is 1. The molecule has 1 saturated heterocycles. The van der Waals surface area contributed by atoms with Gasteiger partial charge in [0.2, 0.25) is 16.0 Å². The summed E-state index contributed by atoms with van der Waals surface area (Å²) in [5.41, 5.74) is 2.87. The Morgan fingerprint density at radius 2 is 2.08 bits per heavy atom. The summed E-state index contributed by atoms with van der Waals surface area (Å²) < 4.78 is 7.00. The molecule has 0 bridgehead atoms. The lowest BCUT2D eigenvalue weighted by Gasteiger charge is -2.32. The minimum Gasteiger partial charge on any atom is -0.466 e. The van der Waals surface area contributed by atoms with Gasteiger partial charge in [0.15, 0.2) is 5.82 Å². The standard InChI is InChI=1S/C26H36N6O3S/c1-7-35-23(34)19-12-9-13-31(15-19)20(33)16-30(6)25-29-32-22(28-26(3,4)5)21(27-24(32)36-25)18-11-8-10-17(2)14-18/h8,10-11,14,19,28H,7,9,12-13,15-16H2,1-6H3/t19-/m1/s1. The molecule has 0 radical (unpaired) electrons. The van der Waals surface area contributed by atoms with Gasteiger partial charge in [-0.1, -0.05) is 35.1 Å². The van der Waals surface area contributed by atoms with E-state index in [2.05, 4.69) is 51.2 Å².